The molecule has 1 amide bonds. The second kappa shape index (κ2) is 10.9. The fourth-order valence-corrected chi connectivity index (χ4v) is 4.03. The van der Waals surface area contributed by atoms with E-state index in [0.717, 1.165) is 24.6 Å². The summed E-state index contributed by atoms with van der Waals surface area (Å²) in [6.07, 6.45) is 9.21. The molecular weight excluding hydrogens is 442 g/mol. The predicted octanol–water partition coefficient (Wildman–Crippen LogP) is 4.19. The fourth-order valence-electron chi connectivity index (χ4n) is 4.03. The van der Waals surface area contributed by atoms with Gasteiger partial charge >= 0.3 is 0 Å². The van der Waals surface area contributed by atoms with Crippen LogP contribution in [0.3, 0.4) is 0 Å². The largest absolute Gasteiger partial charge is 0.494 e. The third-order valence-corrected chi connectivity index (χ3v) is 6.58. The van der Waals surface area contributed by atoms with Gasteiger partial charge in [0.25, 0.3) is 0 Å². The van der Waals surface area contributed by atoms with Gasteiger partial charge in [-0.15, -0.1) is 0 Å². The van der Waals surface area contributed by atoms with Crippen molar-refractivity contribution in [1.82, 2.24) is 14.9 Å². The van der Waals surface area contributed by atoms with Crippen molar-refractivity contribution in [1.29, 1.82) is 0 Å². The summed E-state index contributed by atoms with van der Waals surface area (Å²) in [7, 11) is 7.69. The average Bonchev–Trinajstić information content (AvgIpc) is 3.65. The van der Waals surface area contributed by atoms with Gasteiger partial charge in [-0.2, -0.15) is 4.98 Å². The average molecular weight is 480 g/mol. The second-order valence-corrected chi connectivity index (χ2v) is 9.66. The number of nitrogens with zero attached hydrogens (tertiary/aromatic N) is 4. The van der Waals surface area contributed by atoms with Crippen LogP contribution in [-0.4, -0.2) is 68.2 Å². The number of nitrogens with one attached hydrogen (secondary N) is 3. The first-order valence-corrected chi connectivity index (χ1v) is 12.3. The Morgan fingerprint density at radius 1 is 1.17 bits per heavy atom. The summed E-state index contributed by atoms with van der Waals surface area (Å²) in [5.41, 5.74) is 3.38. The number of ether oxygens (including phenoxy) is 1. The number of likely N-dealkylation sites (N-methyl/N-ethyl adjacent to an activating group) is 2. The summed E-state index contributed by atoms with van der Waals surface area (Å²) in [6.45, 7) is 5.23. The van der Waals surface area contributed by atoms with E-state index in [1.165, 1.54) is 43.7 Å². The van der Waals surface area contributed by atoms with Crippen molar-refractivity contribution in [2.24, 2.45) is 0 Å². The molecule has 4 rings (SSSR count). The Kier molecular flexibility index (Phi) is 7.75. The highest BCUT2D eigenvalue weighted by Crippen LogP contribution is 2.44. The number of carbonyl (C=O) groups is 1. The lowest BCUT2D eigenvalue weighted by molar-refractivity contribution is -0.111. The van der Waals surface area contributed by atoms with Crippen LogP contribution >= 0.6 is 0 Å². The van der Waals surface area contributed by atoms with E-state index in [1.54, 1.807) is 7.11 Å². The Labute approximate surface area is 208 Å². The molecule has 0 unspecified atom stereocenters. The number of carbonyl (C=O) groups excluding carboxylic acids is 1. The summed E-state index contributed by atoms with van der Waals surface area (Å²) in [5.74, 6) is 2.33. The van der Waals surface area contributed by atoms with Crippen LogP contribution in [0, 0.1) is 0 Å². The van der Waals surface area contributed by atoms with Crippen LogP contribution in [0.2, 0.25) is 0 Å². The zero-order valence-corrected chi connectivity index (χ0v) is 21.2. The molecule has 0 spiro atoms. The molecule has 9 nitrogen and oxygen atoms in total. The molecular formula is C26H37N7O2. The summed E-state index contributed by atoms with van der Waals surface area (Å²) in [4.78, 5) is 25.8. The SMILES string of the molecule is C=CC(=O)Nc1cc(Nc2ncc(C3CC3)c(NC3CCC3)n2)c(OC)cc1N(C)CCN(C)C. The Morgan fingerprint density at radius 3 is 2.54 bits per heavy atom. The Hall–Kier alpha value is -3.33. The number of methoxy groups -OCH3 is 1. The smallest absolute Gasteiger partial charge is 0.247 e. The van der Waals surface area contributed by atoms with Crippen molar-refractivity contribution >= 4 is 34.7 Å². The van der Waals surface area contributed by atoms with E-state index in [4.69, 9.17) is 9.72 Å². The van der Waals surface area contributed by atoms with Crippen molar-refractivity contribution in [3.8, 4) is 5.75 Å². The van der Waals surface area contributed by atoms with Crippen molar-refractivity contribution < 1.29 is 9.53 Å². The molecule has 0 atom stereocenters. The maximum atomic E-state index is 12.2. The highest BCUT2D eigenvalue weighted by Gasteiger charge is 2.29. The molecule has 0 aliphatic heterocycles. The van der Waals surface area contributed by atoms with E-state index in [1.807, 2.05) is 39.5 Å². The summed E-state index contributed by atoms with van der Waals surface area (Å²) in [5, 5.41) is 9.86. The maximum absolute atomic E-state index is 12.2. The predicted molar refractivity (Wildman–Crippen MR) is 142 cm³/mol. The molecule has 35 heavy (non-hydrogen) atoms. The Morgan fingerprint density at radius 2 is 1.94 bits per heavy atom. The highest BCUT2D eigenvalue weighted by atomic mass is 16.5. The van der Waals surface area contributed by atoms with Gasteiger partial charge in [0.05, 0.1) is 24.2 Å². The fraction of sp³-hybridized carbons (Fsp3) is 0.500. The number of hydrogen-bond donors (Lipinski definition) is 3. The van der Waals surface area contributed by atoms with E-state index < -0.39 is 0 Å². The molecule has 0 bridgehead atoms. The van der Waals surface area contributed by atoms with Gasteiger partial charge in [-0.1, -0.05) is 6.58 Å². The van der Waals surface area contributed by atoms with Crippen LogP contribution in [0.5, 0.6) is 5.75 Å². The number of hydrogen-bond acceptors (Lipinski definition) is 8. The number of amides is 1. The van der Waals surface area contributed by atoms with Crippen LogP contribution in [0.25, 0.3) is 0 Å². The van der Waals surface area contributed by atoms with Gasteiger partial charge in [0, 0.05) is 44.0 Å². The minimum atomic E-state index is -0.277. The molecule has 188 valence electrons. The van der Waals surface area contributed by atoms with Crippen LogP contribution in [-0.2, 0) is 4.79 Å². The lowest BCUT2D eigenvalue weighted by atomic mass is 9.93. The van der Waals surface area contributed by atoms with Gasteiger partial charge in [0.2, 0.25) is 11.9 Å². The van der Waals surface area contributed by atoms with E-state index in [0.29, 0.717) is 35.0 Å². The van der Waals surface area contributed by atoms with Gasteiger partial charge in [-0.3, -0.25) is 4.79 Å². The lowest BCUT2D eigenvalue weighted by Crippen LogP contribution is -2.29. The monoisotopic (exact) mass is 479 g/mol. The zero-order chi connectivity index (χ0) is 24.9. The minimum absolute atomic E-state index is 0.277. The zero-order valence-electron chi connectivity index (χ0n) is 21.2. The van der Waals surface area contributed by atoms with Crippen molar-refractivity contribution in [2.75, 3.05) is 62.2 Å². The van der Waals surface area contributed by atoms with E-state index in [9.17, 15) is 4.79 Å². The molecule has 2 saturated carbocycles. The second-order valence-electron chi connectivity index (χ2n) is 9.66. The Balaban J connectivity index is 1.64. The molecule has 2 aromatic rings. The van der Waals surface area contributed by atoms with Gasteiger partial charge in [0.15, 0.2) is 0 Å². The maximum Gasteiger partial charge on any atom is 0.247 e. The summed E-state index contributed by atoms with van der Waals surface area (Å²) < 4.78 is 5.71. The first kappa shape index (κ1) is 24.8. The third kappa shape index (κ3) is 6.22. The molecule has 9 heteroatoms. The molecule has 2 fully saturated rings. The first-order valence-electron chi connectivity index (χ1n) is 12.3. The Bertz CT molecular complexity index is 1060. The quantitative estimate of drug-likeness (QED) is 0.390. The van der Waals surface area contributed by atoms with Crippen molar-refractivity contribution in [2.45, 2.75) is 44.1 Å². The van der Waals surface area contributed by atoms with E-state index in [2.05, 4.69) is 37.3 Å². The van der Waals surface area contributed by atoms with Crippen molar-refractivity contribution in [3.05, 3.63) is 36.5 Å². The molecule has 3 N–H and O–H groups in total. The third-order valence-electron chi connectivity index (χ3n) is 6.58. The molecule has 1 aromatic heterocycles. The number of anilines is 5. The number of aromatic nitrogens is 2. The normalized spacial score (nSPS) is 15.3. The van der Waals surface area contributed by atoms with Gasteiger partial charge in [-0.05, 0) is 64.3 Å². The molecule has 2 aliphatic rings. The van der Waals surface area contributed by atoms with Crippen LogP contribution in [0.15, 0.2) is 31.0 Å². The van der Waals surface area contributed by atoms with Crippen LogP contribution in [0.1, 0.15) is 43.6 Å². The minimum Gasteiger partial charge on any atom is -0.494 e. The van der Waals surface area contributed by atoms with Crippen LogP contribution < -0.4 is 25.6 Å². The van der Waals surface area contributed by atoms with Gasteiger partial charge < -0.3 is 30.5 Å². The van der Waals surface area contributed by atoms with E-state index in [-0.39, 0.29) is 5.91 Å². The number of rotatable bonds is 12. The van der Waals surface area contributed by atoms with Crippen molar-refractivity contribution in [3.63, 3.8) is 0 Å². The summed E-state index contributed by atoms with van der Waals surface area (Å²) >= 11 is 0. The van der Waals surface area contributed by atoms with Gasteiger partial charge in [-0.25, -0.2) is 4.98 Å². The topological polar surface area (TPSA) is 94.6 Å². The standard InChI is InChI=1S/C26H37N7O2/c1-6-24(34)29-20-14-21(23(35-5)15-22(20)33(4)13-12-32(2)3)30-26-27-16-19(17-10-11-17)25(31-26)28-18-8-7-9-18/h6,14-18H,1,7-13H2,2-5H3,(H,29,34)(H2,27,28,30,31). The molecule has 0 radical (unpaired) electrons. The van der Waals surface area contributed by atoms with E-state index >= 15 is 0 Å². The van der Waals surface area contributed by atoms with Crippen LogP contribution in [0.4, 0.5) is 28.8 Å². The highest BCUT2D eigenvalue weighted by molar-refractivity contribution is 6.02. The lowest BCUT2D eigenvalue weighted by Gasteiger charge is -2.28. The number of benzene rings is 1. The molecule has 0 saturated heterocycles. The molecule has 1 aromatic carbocycles. The van der Waals surface area contributed by atoms with Gasteiger partial charge in [0.1, 0.15) is 11.6 Å². The molecule has 2 aliphatic carbocycles. The first-order chi connectivity index (χ1) is 16.9. The summed E-state index contributed by atoms with van der Waals surface area (Å²) in [6, 6.07) is 4.27. The molecule has 1 heterocycles.